The van der Waals surface area contributed by atoms with E-state index in [9.17, 15) is 20.1 Å². The van der Waals surface area contributed by atoms with Crippen molar-refractivity contribution in [2.75, 3.05) is 13.6 Å². The van der Waals surface area contributed by atoms with Crippen LogP contribution in [0, 0.1) is 11.3 Å². The highest BCUT2D eigenvalue weighted by molar-refractivity contribution is 5.76. The van der Waals surface area contributed by atoms with Crippen molar-refractivity contribution < 1.29 is 24.9 Å². The highest BCUT2D eigenvalue weighted by Crippen LogP contribution is 2.73. The summed E-state index contributed by atoms with van der Waals surface area (Å²) in [6, 6.07) is 3.78. The summed E-state index contributed by atoms with van der Waals surface area (Å²) < 4.78 is 6.22. The summed E-state index contributed by atoms with van der Waals surface area (Å²) in [5, 5.41) is 31.8. The number of ether oxygens (including phenoxy) is 1. The Bertz CT molecular complexity index is 912. The van der Waals surface area contributed by atoms with Crippen LogP contribution in [0.2, 0.25) is 0 Å². The predicted molar refractivity (Wildman–Crippen MR) is 91.2 cm³/mol. The number of likely N-dealkylation sites (N-methyl/N-ethyl adjacent to an activating group) is 1. The molecule has 1 saturated heterocycles. The zero-order valence-electron chi connectivity index (χ0n) is 14.5. The molecule has 1 aromatic rings. The van der Waals surface area contributed by atoms with Crippen LogP contribution in [0.1, 0.15) is 24.0 Å². The number of hydrogen-bond donors (Lipinski definition) is 3. The van der Waals surface area contributed by atoms with E-state index in [1.54, 1.807) is 12.1 Å². The maximum atomic E-state index is 12.0. The normalized spacial score (nSPS) is 46.8. The van der Waals surface area contributed by atoms with Gasteiger partial charge in [0.25, 0.3) is 0 Å². The van der Waals surface area contributed by atoms with Crippen LogP contribution in [0.5, 0.6) is 11.5 Å². The van der Waals surface area contributed by atoms with Crippen molar-refractivity contribution >= 4 is 5.97 Å². The molecule has 6 heteroatoms. The molecule has 2 heterocycles. The molecule has 1 saturated carbocycles. The van der Waals surface area contributed by atoms with Crippen LogP contribution in [-0.2, 0) is 16.6 Å². The summed E-state index contributed by atoms with van der Waals surface area (Å²) in [6.45, 7) is 0.864. The molecule has 6 aliphatic rings. The average Bonchev–Trinajstić information content (AvgIpc) is 2.98. The number of nitrogens with zero attached hydrogens (tertiary/aromatic N) is 1. The maximum absolute atomic E-state index is 12.0. The van der Waals surface area contributed by atoms with Crippen molar-refractivity contribution in [2.45, 2.75) is 42.4 Å². The quantitative estimate of drug-likeness (QED) is 0.652. The first-order chi connectivity index (χ1) is 12.3. The first-order valence-corrected chi connectivity index (χ1v) is 9.23. The minimum absolute atomic E-state index is 0.0786. The van der Waals surface area contributed by atoms with Gasteiger partial charge in [0.2, 0.25) is 0 Å². The third-order valence-electron chi connectivity index (χ3n) is 8.05. The second-order valence-corrected chi connectivity index (χ2v) is 8.72. The lowest BCUT2D eigenvalue weighted by Crippen LogP contribution is -2.79. The van der Waals surface area contributed by atoms with Gasteiger partial charge in [-0.2, -0.15) is 0 Å². The number of carbonyl (C=O) groups is 1. The van der Waals surface area contributed by atoms with Crippen LogP contribution < -0.4 is 4.74 Å². The maximum Gasteiger partial charge on any atom is 0.309 e. The Kier molecular flexibility index (Phi) is 2.37. The third-order valence-corrected chi connectivity index (χ3v) is 8.05. The molecule has 3 N–H and O–H groups in total. The Hall–Kier alpha value is -2.05. The number of carboxylic acids is 1. The molecule has 4 bridgehead atoms. The molecule has 26 heavy (non-hydrogen) atoms. The number of aromatic hydroxyl groups is 1. The molecule has 0 aromatic heterocycles. The summed E-state index contributed by atoms with van der Waals surface area (Å²) in [5.41, 5.74) is -0.267. The molecule has 0 unspecified atom stereocenters. The van der Waals surface area contributed by atoms with Crippen molar-refractivity contribution in [1.82, 2.24) is 4.90 Å². The zero-order chi connectivity index (χ0) is 18.1. The fraction of sp³-hybridized carbons (Fsp3) is 0.550. The fourth-order valence-corrected chi connectivity index (χ4v) is 7.04. The Balaban J connectivity index is 1.73. The number of aliphatic hydroxyl groups is 1. The molecular formula is C20H21NO5. The van der Waals surface area contributed by atoms with Crippen LogP contribution in [0.3, 0.4) is 0 Å². The molecule has 6 nitrogen and oxygen atoms in total. The van der Waals surface area contributed by atoms with Crippen LogP contribution in [0.15, 0.2) is 24.3 Å². The van der Waals surface area contributed by atoms with Gasteiger partial charge in [0.15, 0.2) is 11.5 Å². The summed E-state index contributed by atoms with van der Waals surface area (Å²) >= 11 is 0. The van der Waals surface area contributed by atoms with Gasteiger partial charge in [-0.15, -0.1) is 0 Å². The molecule has 4 aliphatic carbocycles. The number of piperidine rings is 1. The van der Waals surface area contributed by atoms with E-state index in [4.69, 9.17) is 4.74 Å². The number of phenols is 1. The summed E-state index contributed by atoms with van der Waals surface area (Å²) in [5.74, 6) is -1.36. The van der Waals surface area contributed by atoms with Gasteiger partial charge < -0.3 is 25.0 Å². The van der Waals surface area contributed by atoms with Gasteiger partial charge in [0.1, 0.15) is 11.7 Å². The van der Waals surface area contributed by atoms with Gasteiger partial charge in [0, 0.05) is 17.0 Å². The van der Waals surface area contributed by atoms with E-state index >= 15 is 0 Å². The zero-order valence-corrected chi connectivity index (χ0v) is 14.5. The SMILES string of the molecule is CN1CC[C@]23c4c5ccc(O)c4O[C@H]2[C@@]2(O)C=C[C@@]3(C[C@@H]2C(=O)O)[C@H]1C5. The van der Waals surface area contributed by atoms with E-state index < -0.39 is 34.4 Å². The Morgan fingerprint density at radius 1 is 1.35 bits per heavy atom. The van der Waals surface area contributed by atoms with E-state index in [-0.39, 0.29) is 11.8 Å². The highest BCUT2D eigenvalue weighted by Gasteiger charge is 2.79. The molecule has 0 amide bonds. The van der Waals surface area contributed by atoms with Gasteiger partial charge >= 0.3 is 5.97 Å². The smallest absolute Gasteiger partial charge is 0.309 e. The van der Waals surface area contributed by atoms with E-state index in [0.29, 0.717) is 12.2 Å². The molecule has 2 spiro atoms. The largest absolute Gasteiger partial charge is 0.504 e. The Morgan fingerprint density at radius 3 is 2.92 bits per heavy atom. The lowest BCUT2D eigenvalue weighted by atomic mass is 9.37. The molecule has 7 rings (SSSR count). The van der Waals surface area contributed by atoms with Crippen molar-refractivity contribution in [1.29, 1.82) is 0 Å². The summed E-state index contributed by atoms with van der Waals surface area (Å²) in [6.07, 6.45) is 5.07. The van der Waals surface area contributed by atoms with Crippen molar-refractivity contribution in [3.8, 4) is 11.5 Å². The Labute approximate surface area is 150 Å². The standard InChI is InChI=1S/C20H21NO5/c1-21-7-6-19-14-10-2-3-12(22)15(14)26-17(19)20(25)5-4-18(19,13(21)8-10)9-11(20)16(23)24/h2-5,11,13,17,22,25H,6-9H2,1H3,(H,23,24)/t11-,13-,17-,18-,19+,20-/m1/s1. The number of hydrogen-bond acceptors (Lipinski definition) is 5. The molecule has 2 aliphatic heterocycles. The van der Waals surface area contributed by atoms with Gasteiger partial charge in [-0.3, -0.25) is 4.79 Å². The minimum atomic E-state index is -1.56. The summed E-state index contributed by atoms with van der Waals surface area (Å²) in [7, 11) is 2.10. The summed E-state index contributed by atoms with van der Waals surface area (Å²) in [4.78, 5) is 14.4. The van der Waals surface area contributed by atoms with Crippen molar-refractivity contribution in [3.63, 3.8) is 0 Å². The topological polar surface area (TPSA) is 90.2 Å². The van der Waals surface area contributed by atoms with Crippen LogP contribution in [0.25, 0.3) is 0 Å². The number of rotatable bonds is 1. The van der Waals surface area contributed by atoms with E-state index in [1.807, 2.05) is 6.07 Å². The van der Waals surface area contributed by atoms with Crippen LogP contribution >= 0.6 is 0 Å². The number of carboxylic acid groups (broad SMARTS) is 1. The van der Waals surface area contributed by atoms with E-state index in [1.165, 1.54) is 0 Å². The number of fused-ring (bicyclic) bond motifs is 1. The number of phenolic OH excluding ortho intramolecular Hbond substituents is 1. The molecule has 136 valence electrons. The first-order valence-electron chi connectivity index (χ1n) is 9.23. The first kappa shape index (κ1) is 15.1. The molecular weight excluding hydrogens is 334 g/mol. The second kappa shape index (κ2) is 4.10. The van der Waals surface area contributed by atoms with Crippen LogP contribution in [0.4, 0.5) is 0 Å². The number of likely N-dealkylation sites (tertiary alicyclic amines) is 1. The number of aliphatic carboxylic acids is 1. The van der Waals surface area contributed by atoms with Crippen molar-refractivity contribution in [3.05, 3.63) is 35.4 Å². The number of benzene rings is 1. The molecule has 1 aromatic carbocycles. The van der Waals surface area contributed by atoms with Crippen molar-refractivity contribution in [2.24, 2.45) is 11.3 Å². The average molecular weight is 355 g/mol. The monoisotopic (exact) mass is 355 g/mol. The van der Waals surface area contributed by atoms with Gasteiger partial charge in [-0.25, -0.2) is 0 Å². The van der Waals surface area contributed by atoms with Gasteiger partial charge in [-0.1, -0.05) is 18.2 Å². The fourth-order valence-electron chi connectivity index (χ4n) is 7.04. The Morgan fingerprint density at radius 2 is 2.15 bits per heavy atom. The minimum Gasteiger partial charge on any atom is -0.504 e. The third kappa shape index (κ3) is 1.25. The highest BCUT2D eigenvalue weighted by atomic mass is 16.5. The lowest BCUT2D eigenvalue weighted by Gasteiger charge is -2.69. The predicted octanol–water partition coefficient (Wildman–Crippen LogP) is 1.04. The molecule has 6 atom stereocenters. The van der Waals surface area contributed by atoms with Crippen LogP contribution in [-0.4, -0.2) is 57.5 Å². The molecule has 2 fully saturated rings. The van der Waals surface area contributed by atoms with E-state index in [0.717, 1.165) is 30.5 Å². The van der Waals surface area contributed by atoms with E-state index in [2.05, 4.69) is 18.0 Å². The second-order valence-electron chi connectivity index (χ2n) is 8.72. The molecule has 0 radical (unpaired) electrons. The van der Waals surface area contributed by atoms with Gasteiger partial charge in [-0.05, 0) is 44.5 Å². The van der Waals surface area contributed by atoms with Gasteiger partial charge in [0.05, 0.1) is 11.3 Å². The lowest BCUT2D eigenvalue weighted by molar-refractivity contribution is -0.211.